The van der Waals surface area contributed by atoms with E-state index in [1.807, 2.05) is 67.0 Å². The summed E-state index contributed by atoms with van der Waals surface area (Å²) in [5, 5.41) is 15.2. The van der Waals surface area contributed by atoms with Crippen molar-refractivity contribution in [1.82, 2.24) is 20.0 Å². The molecule has 0 spiro atoms. The van der Waals surface area contributed by atoms with Gasteiger partial charge in [-0.25, -0.2) is 4.98 Å². The topological polar surface area (TPSA) is 131 Å². The highest BCUT2D eigenvalue weighted by atomic mass is 79.9. The Morgan fingerprint density at radius 3 is 2.58 bits per heavy atom. The van der Waals surface area contributed by atoms with Crippen LogP contribution in [0.4, 0.5) is 0 Å². The van der Waals surface area contributed by atoms with E-state index in [9.17, 15) is 14.7 Å². The first-order chi connectivity index (χ1) is 19.1. The molecule has 210 valence electrons. The highest BCUT2D eigenvalue weighted by Gasteiger charge is 2.19. The van der Waals surface area contributed by atoms with Crippen molar-refractivity contribution >= 4 is 45.0 Å². The maximum absolute atomic E-state index is 13.1. The Kier molecular flexibility index (Phi) is 9.80. The lowest BCUT2D eigenvalue weighted by Crippen LogP contribution is -2.49. The van der Waals surface area contributed by atoms with Crippen LogP contribution in [0.2, 0.25) is 5.02 Å². The van der Waals surface area contributed by atoms with Gasteiger partial charge in [0.2, 0.25) is 5.91 Å². The van der Waals surface area contributed by atoms with E-state index in [2.05, 4.69) is 26.6 Å². The van der Waals surface area contributed by atoms with Crippen molar-refractivity contribution in [3.8, 4) is 17.0 Å². The van der Waals surface area contributed by atoms with Gasteiger partial charge in [-0.1, -0.05) is 35.9 Å². The van der Waals surface area contributed by atoms with E-state index < -0.39 is 24.6 Å². The molecule has 0 bridgehead atoms. The molecule has 2 aromatic heterocycles. The Bertz CT molecular complexity index is 1490. The number of carbonyl (C=O) groups excluding carboxylic acids is 2. The van der Waals surface area contributed by atoms with Gasteiger partial charge in [0.1, 0.15) is 11.8 Å². The van der Waals surface area contributed by atoms with Crippen molar-refractivity contribution in [3.63, 3.8) is 0 Å². The molecule has 4 rings (SSSR count). The normalized spacial score (nSPS) is 12.8. The molecule has 40 heavy (non-hydrogen) atoms. The number of aliphatic hydroxyl groups is 1. The number of hydrogen-bond donors (Lipinski definition) is 4. The fraction of sp³-hybridized carbons (Fsp3) is 0.276. The monoisotopic (exact) mass is 627 g/mol. The number of aliphatic hydroxyl groups excluding tert-OH is 1. The molecule has 0 radical (unpaired) electrons. The Morgan fingerprint density at radius 1 is 1.18 bits per heavy atom. The van der Waals surface area contributed by atoms with Crippen molar-refractivity contribution < 1.29 is 19.4 Å². The zero-order valence-electron chi connectivity index (χ0n) is 22.1. The molecule has 0 aliphatic rings. The minimum absolute atomic E-state index is 0.0589. The van der Waals surface area contributed by atoms with E-state index in [1.54, 1.807) is 18.2 Å². The van der Waals surface area contributed by atoms with E-state index in [-0.39, 0.29) is 18.6 Å². The molecule has 0 saturated heterocycles. The summed E-state index contributed by atoms with van der Waals surface area (Å²) in [5.74, 6) is -0.364. The van der Waals surface area contributed by atoms with Gasteiger partial charge < -0.3 is 30.6 Å². The molecule has 2 atom stereocenters. The first-order valence-corrected chi connectivity index (χ1v) is 14.0. The zero-order valence-corrected chi connectivity index (χ0v) is 24.4. The molecule has 11 heteroatoms. The van der Waals surface area contributed by atoms with Gasteiger partial charge in [-0.2, -0.15) is 0 Å². The fourth-order valence-corrected chi connectivity index (χ4v) is 4.76. The van der Waals surface area contributed by atoms with Gasteiger partial charge in [0.05, 0.1) is 33.9 Å². The number of rotatable bonds is 11. The third kappa shape index (κ3) is 7.39. The lowest BCUT2D eigenvalue weighted by Gasteiger charge is -2.21. The largest absolute Gasteiger partial charge is 0.489 e. The summed E-state index contributed by atoms with van der Waals surface area (Å²) in [6, 6.07) is 15.1. The number of benzene rings is 2. The second kappa shape index (κ2) is 13.3. The summed E-state index contributed by atoms with van der Waals surface area (Å²) in [5.41, 5.74) is 9.54. The van der Waals surface area contributed by atoms with Crippen LogP contribution in [0.25, 0.3) is 16.9 Å². The van der Waals surface area contributed by atoms with Crippen molar-refractivity contribution in [1.29, 1.82) is 0 Å². The van der Waals surface area contributed by atoms with Crippen LogP contribution in [0.1, 0.15) is 29.8 Å². The summed E-state index contributed by atoms with van der Waals surface area (Å²) < 4.78 is 8.51. The van der Waals surface area contributed by atoms with Crippen LogP contribution < -0.4 is 21.1 Å². The number of aromatic nitrogens is 2. The smallest absolute Gasteiger partial charge is 0.251 e. The predicted octanol–water partition coefficient (Wildman–Crippen LogP) is 3.98. The number of nitrogens with two attached hydrogens (primary N) is 1. The molecule has 5 N–H and O–H groups in total. The Labute approximate surface area is 245 Å². The molecule has 0 aliphatic heterocycles. The van der Waals surface area contributed by atoms with Crippen LogP contribution in [0.3, 0.4) is 0 Å². The van der Waals surface area contributed by atoms with Crippen LogP contribution in [-0.2, 0) is 11.2 Å². The van der Waals surface area contributed by atoms with Crippen molar-refractivity contribution in [2.24, 2.45) is 5.73 Å². The van der Waals surface area contributed by atoms with Crippen LogP contribution >= 0.6 is 27.5 Å². The predicted molar refractivity (Wildman–Crippen MR) is 159 cm³/mol. The lowest BCUT2D eigenvalue weighted by molar-refractivity contribution is -0.123. The van der Waals surface area contributed by atoms with E-state index in [0.29, 0.717) is 22.8 Å². The van der Waals surface area contributed by atoms with Gasteiger partial charge in [-0.3, -0.25) is 9.59 Å². The average Bonchev–Trinajstić information content (AvgIpc) is 3.38. The Morgan fingerprint density at radius 2 is 1.93 bits per heavy atom. The number of carbonyl (C=O) groups is 2. The second-order valence-corrected chi connectivity index (χ2v) is 10.9. The molecule has 0 aliphatic carbocycles. The highest BCUT2D eigenvalue weighted by Crippen LogP contribution is 2.27. The van der Waals surface area contributed by atoms with E-state index in [0.717, 1.165) is 26.9 Å². The maximum atomic E-state index is 13.1. The second-order valence-electron chi connectivity index (χ2n) is 9.63. The van der Waals surface area contributed by atoms with Crippen LogP contribution in [0, 0.1) is 0 Å². The lowest BCUT2D eigenvalue weighted by atomic mass is 10.0. The molecule has 4 aromatic rings. The number of ether oxygens (including phenoxy) is 1. The fourth-order valence-electron chi connectivity index (χ4n) is 4.09. The van der Waals surface area contributed by atoms with Crippen LogP contribution in [0.5, 0.6) is 5.75 Å². The molecule has 2 aromatic carbocycles. The van der Waals surface area contributed by atoms with Crippen molar-refractivity contribution in [2.45, 2.75) is 38.5 Å². The van der Waals surface area contributed by atoms with Gasteiger partial charge in [0, 0.05) is 30.1 Å². The van der Waals surface area contributed by atoms with Gasteiger partial charge in [0.25, 0.3) is 5.91 Å². The Balaban J connectivity index is 1.50. The zero-order chi connectivity index (χ0) is 28.8. The maximum Gasteiger partial charge on any atom is 0.251 e. The molecule has 0 fully saturated rings. The molecule has 2 heterocycles. The van der Waals surface area contributed by atoms with Gasteiger partial charge >= 0.3 is 0 Å². The number of nitrogens with zero attached hydrogens (tertiary/aromatic N) is 2. The van der Waals surface area contributed by atoms with E-state index in [4.69, 9.17) is 27.1 Å². The van der Waals surface area contributed by atoms with Gasteiger partial charge in [0.15, 0.2) is 5.65 Å². The van der Waals surface area contributed by atoms with E-state index in [1.165, 1.54) is 0 Å². The number of nitrogens with one attached hydrogen (secondary N) is 2. The summed E-state index contributed by atoms with van der Waals surface area (Å²) in [4.78, 5) is 30.0. The summed E-state index contributed by atoms with van der Waals surface area (Å²) in [6.07, 6.45) is 4.27. The SMILES string of the molecule is CC(C)Oc1ccc(C(=O)N[C@H](CNC(=O)[C@@H](N)CO)Cc2ccc(-c3cn4cccc(Br)c4n3)cc2)cc1Cl. The van der Waals surface area contributed by atoms with Crippen molar-refractivity contribution in [2.75, 3.05) is 13.2 Å². The van der Waals surface area contributed by atoms with E-state index >= 15 is 0 Å². The number of imidazole rings is 1. The number of pyridine rings is 1. The molecular weight excluding hydrogens is 598 g/mol. The number of amides is 2. The quantitative estimate of drug-likeness (QED) is 0.199. The summed E-state index contributed by atoms with van der Waals surface area (Å²) >= 11 is 9.86. The number of hydrogen-bond acceptors (Lipinski definition) is 6. The average molecular weight is 629 g/mol. The molecule has 9 nitrogen and oxygen atoms in total. The summed E-state index contributed by atoms with van der Waals surface area (Å²) in [7, 11) is 0. The number of halogens is 2. The third-order valence-corrected chi connectivity index (χ3v) is 7.03. The first-order valence-electron chi connectivity index (χ1n) is 12.8. The first kappa shape index (κ1) is 29.5. The standard InChI is InChI=1S/C29H31BrClN5O4/c1-17(2)40-26-10-9-20(13-23(26)31)28(38)34-21(14-33-29(39)24(32)16-37)12-18-5-7-19(8-6-18)25-15-36-11-3-4-22(30)27(36)35-25/h3-11,13,15,17,21,24,37H,12,14,16,32H2,1-2H3,(H,33,39)(H,34,38)/t21-,24-/m0/s1. The Hall–Kier alpha value is -3.44. The van der Waals surface area contributed by atoms with Crippen molar-refractivity contribution in [3.05, 3.63) is 87.6 Å². The molecule has 0 saturated carbocycles. The van der Waals surface area contributed by atoms with Crippen LogP contribution in [0.15, 0.2) is 71.5 Å². The molecule has 0 unspecified atom stereocenters. The number of fused-ring (bicyclic) bond motifs is 1. The van der Waals surface area contributed by atoms with Gasteiger partial charge in [-0.15, -0.1) is 0 Å². The molecule has 2 amide bonds. The third-order valence-electron chi connectivity index (χ3n) is 6.12. The highest BCUT2D eigenvalue weighted by molar-refractivity contribution is 9.10. The minimum atomic E-state index is -1.05. The minimum Gasteiger partial charge on any atom is -0.489 e. The van der Waals surface area contributed by atoms with Crippen LogP contribution in [-0.4, -0.2) is 57.6 Å². The summed E-state index contributed by atoms with van der Waals surface area (Å²) in [6.45, 7) is 3.42. The molecular formula is C29H31BrClN5O4. The van der Waals surface area contributed by atoms with Gasteiger partial charge in [-0.05, 0) is 72.1 Å².